The molecule has 0 unspecified atom stereocenters. The second-order valence-electron chi connectivity index (χ2n) is 8.02. The van der Waals surface area contributed by atoms with Crippen LogP contribution in [0.2, 0.25) is 25.7 Å². The number of nitrogens with one attached hydrogen (secondary N) is 1. The monoisotopic (exact) mass is 360 g/mol. The zero-order valence-electron chi connectivity index (χ0n) is 15.4. The quantitative estimate of drug-likeness (QED) is 0.463. The second-order valence-corrected chi connectivity index (χ2v) is 13.6. The average Bonchev–Trinajstić information content (AvgIpc) is 3.02. The fraction of sp³-hybridized carbons (Fsp3) is 0.611. The van der Waals surface area contributed by atoms with Crippen LogP contribution in [-0.4, -0.2) is 41.8 Å². The molecule has 0 spiro atoms. The van der Waals surface area contributed by atoms with Gasteiger partial charge in [-0.1, -0.05) is 19.6 Å². The summed E-state index contributed by atoms with van der Waals surface area (Å²) in [7, 11) is -1.06. The zero-order valence-corrected chi connectivity index (χ0v) is 16.4. The molecule has 1 N–H and O–H groups in total. The highest BCUT2D eigenvalue weighted by Crippen LogP contribution is 2.31. The van der Waals surface area contributed by atoms with Crippen LogP contribution in [-0.2, 0) is 9.53 Å². The third kappa shape index (κ3) is 4.89. The zero-order chi connectivity index (χ0) is 17.9. The minimum atomic E-state index is -1.06. The van der Waals surface area contributed by atoms with Gasteiger partial charge in [-0.2, -0.15) is 9.61 Å². The normalized spacial score (nSPS) is 16.5. The maximum absolute atomic E-state index is 11.5. The summed E-state index contributed by atoms with van der Waals surface area (Å²) in [5.41, 5.74) is 1.88. The summed E-state index contributed by atoms with van der Waals surface area (Å²) in [6.07, 6.45) is 4.87. The molecule has 1 saturated carbocycles. The van der Waals surface area contributed by atoms with Crippen LogP contribution in [0.1, 0.15) is 37.3 Å². The lowest BCUT2D eigenvalue weighted by atomic mass is 9.86. The molecule has 7 heteroatoms. The van der Waals surface area contributed by atoms with Gasteiger partial charge in [0, 0.05) is 51.3 Å². The molecule has 0 saturated heterocycles. The lowest BCUT2D eigenvalue weighted by molar-refractivity contribution is -0.120. The van der Waals surface area contributed by atoms with Gasteiger partial charge in [-0.3, -0.25) is 4.79 Å². The van der Waals surface area contributed by atoms with Crippen molar-refractivity contribution in [2.75, 3.05) is 18.7 Å². The Morgan fingerprint density at radius 2 is 2.08 bits per heavy atom. The molecule has 1 aliphatic rings. The van der Waals surface area contributed by atoms with Crippen molar-refractivity contribution in [3.8, 4) is 0 Å². The van der Waals surface area contributed by atoms with Crippen molar-refractivity contribution in [2.45, 2.75) is 57.3 Å². The molecule has 25 heavy (non-hydrogen) atoms. The molecular weight excluding hydrogens is 332 g/mol. The summed E-state index contributed by atoms with van der Waals surface area (Å²) in [6.45, 7) is 8.29. The van der Waals surface area contributed by atoms with Crippen molar-refractivity contribution in [1.82, 2.24) is 14.6 Å². The van der Waals surface area contributed by atoms with Crippen LogP contribution in [0.25, 0.3) is 5.65 Å². The molecule has 2 aromatic rings. The van der Waals surface area contributed by atoms with Crippen molar-refractivity contribution in [1.29, 1.82) is 0 Å². The van der Waals surface area contributed by atoms with E-state index >= 15 is 0 Å². The first kappa shape index (κ1) is 18.1. The van der Waals surface area contributed by atoms with Crippen molar-refractivity contribution in [3.63, 3.8) is 0 Å². The molecule has 1 fully saturated rings. The van der Waals surface area contributed by atoms with Crippen molar-refractivity contribution < 1.29 is 9.53 Å². The van der Waals surface area contributed by atoms with Crippen LogP contribution in [0.4, 0.5) is 5.82 Å². The van der Waals surface area contributed by atoms with Crippen molar-refractivity contribution in [2.24, 2.45) is 0 Å². The van der Waals surface area contributed by atoms with Gasteiger partial charge in [0.05, 0.1) is 6.20 Å². The molecule has 136 valence electrons. The Morgan fingerprint density at radius 3 is 2.80 bits per heavy atom. The van der Waals surface area contributed by atoms with E-state index in [1.807, 2.05) is 6.07 Å². The number of carbonyl (C=O) groups excluding carboxylic acids is 1. The van der Waals surface area contributed by atoms with Gasteiger partial charge in [-0.25, -0.2) is 4.98 Å². The van der Waals surface area contributed by atoms with Gasteiger partial charge in [0.15, 0.2) is 5.65 Å². The van der Waals surface area contributed by atoms with Gasteiger partial charge in [-0.15, -0.1) is 0 Å². The molecule has 0 bridgehead atoms. The van der Waals surface area contributed by atoms with E-state index < -0.39 is 8.07 Å². The molecule has 0 amide bonds. The molecule has 6 nitrogen and oxygen atoms in total. The SMILES string of the molecule is C[Si](C)(C)CCOCNc1cc(C2CCC(=O)CC2)nc2ccnn12. The minimum Gasteiger partial charge on any atom is -0.362 e. The molecule has 0 aliphatic heterocycles. The molecule has 2 aromatic heterocycles. The van der Waals surface area contributed by atoms with Crippen LogP contribution in [0.15, 0.2) is 18.3 Å². The standard InChI is InChI=1S/C18H28N4O2Si/c1-25(2,3)11-10-24-13-19-18-12-16(14-4-6-15(23)7-5-14)21-17-8-9-20-22(17)18/h8-9,12,14,19H,4-7,10-11,13H2,1-3H3. The van der Waals surface area contributed by atoms with Gasteiger partial charge in [0.25, 0.3) is 0 Å². The summed E-state index contributed by atoms with van der Waals surface area (Å²) in [5, 5.41) is 7.68. The largest absolute Gasteiger partial charge is 0.362 e. The number of carbonyl (C=O) groups is 1. The van der Waals surface area contributed by atoms with Gasteiger partial charge in [0.1, 0.15) is 18.3 Å². The summed E-state index contributed by atoms with van der Waals surface area (Å²) in [6, 6.07) is 5.13. The highest BCUT2D eigenvalue weighted by molar-refractivity contribution is 6.76. The summed E-state index contributed by atoms with van der Waals surface area (Å²) < 4.78 is 7.56. The number of aromatic nitrogens is 3. The number of Topliss-reactive ketones (excluding diaryl/α,β-unsaturated/α-hetero) is 1. The molecular formula is C18H28N4O2Si. The number of nitrogens with zero attached hydrogens (tertiary/aromatic N) is 3. The Bertz CT molecular complexity index is 728. The summed E-state index contributed by atoms with van der Waals surface area (Å²) in [5.74, 6) is 1.62. The van der Waals surface area contributed by atoms with Crippen LogP contribution in [0, 0.1) is 0 Å². The first-order valence-electron chi connectivity index (χ1n) is 9.10. The Morgan fingerprint density at radius 1 is 1.32 bits per heavy atom. The highest BCUT2D eigenvalue weighted by Gasteiger charge is 2.22. The van der Waals surface area contributed by atoms with E-state index in [1.54, 1.807) is 10.7 Å². The number of rotatable bonds is 7. The predicted molar refractivity (Wildman–Crippen MR) is 102 cm³/mol. The van der Waals surface area contributed by atoms with E-state index in [-0.39, 0.29) is 0 Å². The third-order valence-electron chi connectivity index (χ3n) is 4.69. The lowest BCUT2D eigenvalue weighted by Crippen LogP contribution is -2.22. The van der Waals surface area contributed by atoms with E-state index in [0.29, 0.717) is 31.3 Å². The fourth-order valence-corrected chi connectivity index (χ4v) is 3.84. The van der Waals surface area contributed by atoms with Gasteiger partial charge in [-0.05, 0) is 18.9 Å². The number of anilines is 1. The number of hydrogen-bond donors (Lipinski definition) is 1. The number of hydrogen-bond acceptors (Lipinski definition) is 5. The van der Waals surface area contributed by atoms with Crippen molar-refractivity contribution >= 4 is 25.3 Å². The number of ketones is 1. The fourth-order valence-electron chi connectivity index (χ4n) is 3.08. The molecule has 1 aliphatic carbocycles. The molecule has 0 aromatic carbocycles. The van der Waals surface area contributed by atoms with Gasteiger partial charge >= 0.3 is 0 Å². The summed E-state index contributed by atoms with van der Waals surface area (Å²) >= 11 is 0. The molecule has 3 rings (SSSR count). The van der Waals surface area contributed by atoms with E-state index in [1.165, 1.54) is 0 Å². The Hall–Kier alpha value is -1.73. The maximum atomic E-state index is 11.5. The van der Waals surface area contributed by atoms with Crippen LogP contribution < -0.4 is 5.32 Å². The van der Waals surface area contributed by atoms with E-state index in [4.69, 9.17) is 9.72 Å². The lowest BCUT2D eigenvalue weighted by Gasteiger charge is -2.21. The average molecular weight is 361 g/mol. The van der Waals surface area contributed by atoms with Crippen LogP contribution >= 0.6 is 0 Å². The minimum absolute atomic E-state index is 0.353. The highest BCUT2D eigenvalue weighted by atomic mass is 28.3. The molecule has 0 atom stereocenters. The second kappa shape index (κ2) is 7.66. The first-order valence-corrected chi connectivity index (χ1v) is 12.8. The van der Waals surface area contributed by atoms with E-state index in [2.05, 4.69) is 36.1 Å². The predicted octanol–water partition coefficient (Wildman–Crippen LogP) is 3.68. The number of fused-ring (bicyclic) bond motifs is 1. The van der Waals surface area contributed by atoms with Crippen molar-refractivity contribution in [3.05, 3.63) is 24.0 Å². The third-order valence-corrected chi connectivity index (χ3v) is 6.40. The first-order chi connectivity index (χ1) is 11.9. The number of ether oxygens (including phenoxy) is 1. The van der Waals surface area contributed by atoms with Gasteiger partial charge < -0.3 is 10.1 Å². The Balaban J connectivity index is 1.67. The topological polar surface area (TPSA) is 68.5 Å². The summed E-state index contributed by atoms with van der Waals surface area (Å²) in [4.78, 5) is 16.2. The van der Waals surface area contributed by atoms with E-state index in [9.17, 15) is 4.79 Å². The molecule has 0 radical (unpaired) electrons. The Labute approximate surface area is 150 Å². The Kier molecular flexibility index (Phi) is 5.53. The van der Waals surface area contributed by atoms with Crippen LogP contribution in [0.3, 0.4) is 0 Å². The maximum Gasteiger partial charge on any atom is 0.157 e. The molecule has 2 heterocycles. The smallest absolute Gasteiger partial charge is 0.157 e. The van der Waals surface area contributed by atoms with Gasteiger partial charge in [0.2, 0.25) is 0 Å². The van der Waals surface area contributed by atoms with E-state index in [0.717, 1.165) is 42.7 Å². The van der Waals surface area contributed by atoms with Crippen LogP contribution in [0.5, 0.6) is 0 Å².